The van der Waals surface area contributed by atoms with Gasteiger partial charge in [0.25, 0.3) is 0 Å². The van der Waals surface area contributed by atoms with Crippen molar-refractivity contribution in [1.82, 2.24) is 4.98 Å². The third kappa shape index (κ3) is 6.94. The predicted octanol–water partition coefficient (Wildman–Crippen LogP) is 6.87. The maximum absolute atomic E-state index is 13.3. The molecule has 1 aromatic heterocycles. The van der Waals surface area contributed by atoms with E-state index in [-0.39, 0.29) is 32.0 Å². The molecule has 0 unspecified atom stereocenters. The van der Waals surface area contributed by atoms with Crippen molar-refractivity contribution in [2.24, 2.45) is 5.92 Å². The summed E-state index contributed by atoms with van der Waals surface area (Å²) >= 11 is 2.16. The number of rotatable bonds is 8. The van der Waals surface area contributed by atoms with E-state index in [0.29, 0.717) is 12.8 Å². The Morgan fingerprint density at radius 3 is 2.39 bits per heavy atom. The van der Waals surface area contributed by atoms with Crippen LogP contribution >= 0.6 is 23.1 Å². The standard InChI is InChI=1S/C25H24F3N3O4S3/c1-38(34,35)22-20(14-36-17-9-3-2-4-10-17)30-24(37-22)31-23(33)29-19-12-11-16(25(26,27)28)13-18(19)21(32)15-7-5-6-8-15/h2-4,9-13,15H,5-8,14H2,1H3,(H2,29,30,31,33). The first-order valence-corrected chi connectivity index (χ1v) is 15.3. The lowest BCUT2D eigenvalue weighted by Gasteiger charge is -2.16. The molecular weight excluding hydrogens is 559 g/mol. The number of carbonyl (C=O) groups excluding carboxylic acids is 2. The Morgan fingerprint density at radius 2 is 1.76 bits per heavy atom. The van der Waals surface area contributed by atoms with E-state index < -0.39 is 39.3 Å². The van der Waals surface area contributed by atoms with Gasteiger partial charge in [-0.1, -0.05) is 42.4 Å². The summed E-state index contributed by atoms with van der Waals surface area (Å²) in [5, 5.41) is 4.90. The number of urea groups is 1. The van der Waals surface area contributed by atoms with Crippen LogP contribution in [0.4, 0.5) is 28.8 Å². The molecule has 2 aromatic carbocycles. The number of aromatic nitrogens is 1. The van der Waals surface area contributed by atoms with Crippen LogP contribution in [0, 0.1) is 5.92 Å². The molecule has 3 aromatic rings. The van der Waals surface area contributed by atoms with Crippen LogP contribution in [0.3, 0.4) is 0 Å². The molecule has 1 aliphatic rings. The second kappa shape index (κ2) is 11.5. The van der Waals surface area contributed by atoms with Crippen molar-refractivity contribution in [2.45, 2.75) is 46.7 Å². The van der Waals surface area contributed by atoms with Gasteiger partial charge in [-0.05, 0) is 43.2 Å². The fourth-order valence-electron chi connectivity index (χ4n) is 4.13. The zero-order valence-electron chi connectivity index (χ0n) is 20.2. The highest BCUT2D eigenvalue weighted by atomic mass is 32.2. The summed E-state index contributed by atoms with van der Waals surface area (Å²) in [7, 11) is -3.64. The maximum Gasteiger partial charge on any atom is 0.416 e. The number of nitrogens with one attached hydrogen (secondary N) is 2. The van der Waals surface area contributed by atoms with Gasteiger partial charge in [0.15, 0.2) is 20.8 Å². The highest BCUT2D eigenvalue weighted by Gasteiger charge is 2.33. The number of amides is 2. The molecule has 7 nitrogen and oxygen atoms in total. The number of hydrogen-bond donors (Lipinski definition) is 2. The van der Waals surface area contributed by atoms with E-state index in [1.165, 1.54) is 11.8 Å². The van der Waals surface area contributed by atoms with Gasteiger partial charge in [0.2, 0.25) is 0 Å². The number of alkyl halides is 3. The van der Waals surface area contributed by atoms with Gasteiger partial charge in [-0.15, -0.1) is 11.8 Å². The van der Waals surface area contributed by atoms with Crippen LogP contribution in [0.5, 0.6) is 0 Å². The largest absolute Gasteiger partial charge is 0.416 e. The van der Waals surface area contributed by atoms with Crippen LogP contribution in [0.2, 0.25) is 0 Å². The Kier molecular flexibility index (Phi) is 8.48. The Morgan fingerprint density at radius 1 is 1.08 bits per heavy atom. The zero-order chi connectivity index (χ0) is 27.5. The molecule has 1 aliphatic carbocycles. The number of sulfone groups is 1. The van der Waals surface area contributed by atoms with Gasteiger partial charge >= 0.3 is 12.2 Å². The summed E-state index contributed by atoms with van der Waals surface area (Å²) in [6.45, 7) is 0. The van der Waals surface area contributed by atoms with Crippen molar-refractivity contribution in [3.63, 3.8) is 0 Å². The number of ketones is 1. The van der Waals surface area contributed by atoms with Crippen LogP contribution in [-0.2, 0) is 21.8 Å². The van der Waals surface area contributed by atoms with Gasteiger partial charge in [0.05, 0.1) is 16.9 Å². The highest BCUT2D eigenvalue weighted by Crippen LogP contribution is 2.36. The van der Waals surface area contributed by atoms with Crippen molar-refractivity contribution in [3.8, 4) is 0 Å². The normalized spacial score (nSPS) is 14.4. The Labute approximate surface area is 226 Å². The lowest BCUT2D eigenvalue weighted by Crippen LogP contribution is -2.23. The zero-order valence-corrected chi connectivity index (χ0v) is 22.6. The highest BCUT2D eigenvalue weighted by molar-refractivity contribution is 7.98. The molecule has 0 radical (unpaired) electrons. The lowest BCUT2D eigenvalue weighted by atomic mass is 9.93. The van der Waals surface area contributed by atoms with Gasteiger partial charge in [0, 0.05) is 28.4 Å². The second-order valence-corrected chi connectivity index (χ2v) is 13.1. The Bertz CT molecular complexity index is 1440. The molecule has 0 atom stereocenters. The van der Waals surface area contributed by atoms with E-state index >= 15 is 0 Å². The molecule has 0 saturated heterocycles. The third-order valence-electron chi connectivity index (χ3n) is 5.92. The van der Waals surface area contributed by atoms with Crippen molar-refractivity contribution in [2.75, 3.05) is 16.9 Å². The van der Waals surface area contributed by atoms with Crippen LogP contribution in [0.15, 0.2) is 57.6 Å². The van der Waals surface area contributed by atoms with Gasteiger partial charge < -0.3 is 5.32 Å². The Hall–Kier alpha value is -2.90. The topological polar surface area (TPSA) is 105 Å². The van der Waals surface area contributed by atoms with E-state index in [4.69, 9.17) is 0 Å². The molecule has 1 saturated carbocycles. The average molecular weight is 584 g/mol. The first kappa shape index (κ1) is 28.1. The SMILES string of the molecule is CS(=O)(=O)c1sc(NC(=O)Nc2ccc(C(F)(F)F)cc2C(=O)C2CCCC2)nc1CSc1ccccc1. The van der Waals surface area contributed by atoms with Crippen LogP contribution in [0.25, 0.3) is 0 Å². The number of hydrogen-bond acceptors (Lipinski definition) is 7. The molecule has 0 bridgehead atoms. The summed E-state index contributed by atoms with van der Waals surface area (Å²) in [5.41, 5.74) is -0.985. The van der Waals surface area contributed by atoms with Gasteiger partial charge in [-0.3, -0.25) is 10.1 Å². The molecule has 0 spiro atoms. The molecule has 13 heteroatoms. The number of thioether (sulfide) groups is 1. The summed E-state index contributed by atoms with van der Waals surface area (Å²) in [6.07, 6.45) is -0.811. The number of thiazole rings is 1. The predicted molar refractivity (Wildman–Crippen MR) is 142 cm³/mol. The minimum atomic E-state index is -4.65. The number of Topliss-reactive ketones (excluding diaryl/α,β-unsaturated/α-hetero) is 1. The van der Waals surface area contributed by atoms with Crippen LogP contribution in [-0.4, -0.2) is 31.5 Å². The van der Waals surface area contributed by atoms with E-state index in [2.05, 4.69) is 15.6 Å². The molecule has 0 aliphatic heterocycles. The van der Waals surface area contributed by atoms with Gasteiger partial charge in [-0.25, -0.2) is 18.2 Å². The molecular formula is C25H24F3N3O4S3. The molecule has 2 amide bonds. The lowest BCUT2D eigenvalue weighted by molar-refractivity contribution is -0.137. The summed E-state index contributed by atoms with van der Waals surface area (Å²) in [5.74, 6) is -0.605. The quantitative estimate of drug-likeness (QED) is 0.221. The number of nitrogens with zero attached hydrogens (tertiary/aromatic N) is 1. The molecule has 1 heterocycles. The molecule has 2 N–H and O–H groups in total. The molecule has 1 fully saturated rings. The van der Waals surface area contributed by atoms with Crippen molar-refractivity contribution >= 4 is 55.6 Å². The Balaban J connectivity index is 1.55. The van der Waals surface area contributed by atoms with Crippen molar-refractivity contribution < 1.29 is 31.2 Å². The number of halogens is 3. The van der Waals surface area contributed by atoms with Crippen LogP contribution in [0.1, 0.15) is 47.3 Å². The van der Waals surface area contributed by atoms with Crippen molar-refractivity contribution in [3.05, 3.63) is 65.4 Å². The van der Waals surface area contributed by atoms with Gasteiger partial charge in [-0.2, -0.15) is 13.2 Å². The van der Waals surface area contributed by atoms with E-state index in [0.717, 1.165) is 53.5 Å². The first-order valence-electron chi connectivity index (χ1n) is 11.6. The molecule has 4 rings (SSSR count). The number of carbonyl (C=O) groups is 2. The number of anilines is 2. The maximum atomic E-state index is 13.3. The number of benzene rings is 2. The van der Waals surface area contributed by atoms with E-state index in [1.54, 1.807) is 0 Å². The van der Waals surface area contributed by atoms with Gasteiger partial charge in [0.1, 0.15) is 4.21 Å². The average Bonchev–Trinajstić information content (AvgIpc) is 3.53. The van der Waals surface area contributed by atoms with E-state index in [1.807, 2.05) is 30.3 Å². The third-order valence-corrected chi connectivity index (χ3v) is 9.82. The fraction of sp³-hybridized carbons (Fsp3) is 0.320. The summed E-state index contributed by atoms with van der Waals surface area (Å²) in [6, 6.07) is 11.1. The van der Waals surface area contributed by atoms with Crippen molar-refractivity contribution in [1.29, 1.82) is 0 Å². The monoisotopic (exact) mass is 583 g/mol. The second-order valence-electron chi connectivity index (χ2n) is 8.81. The summed E-state index contributed by atoms with van der Waals surface area (Å²) in [4.78, 5) is 31.0. The minimum Gasteiger partial charge on any atom is -0.307 e. The summed E-state index contributed by atoms with van der Waals surface area (Å²) < 4.78 is 64.6. The van der Waals surface area contributed by atoms with Crippen LogP contribution < -0.4 is 10.6 Å². The minimum absolute atomic E-state index is 0.00201. The van der Waals surface area contributed by atoms with E-state index in [9.17, 15) is 31.2 Å². The molecule has 202 valence electrons. The smallest absolute Gasteiger partial charge is 0.307 e. The fourth-order valence-corrected chi connectivity index (χ4v) is 7.28. The first-order chi connectivity index (χ1) is 17.9. The molecule has 38 heavy (non-hydrogen) atoms.